The number of anilines is 3. The van der Waals surface area contributed by atoms with Crippen molar-refractivity contribution in [3.05, 3.63) is 72.1 Å². The van der Waals surface area contributed by atoms with Crippen LogP contribution >= 0.6 is 11.6 Å². The van der Waals surface area contributed by atoms with Gasteiger partial charge in [0.15, 0.2) is 0 Å². The number of methoxy groups -OCH3 is 3. The normalized spacial score (nSPS) is 11.0. The Bertz CT molecular complexity index is 1600. The first-order valence-corrected chi connectivity index (χ1v) is 13.8. The lowest BCUT2D eigenvalue weighted by Crippen LogP contribution is -2.26. The van der Waals surface area contributed by atoms with Gasteiger partial charge < -0.3 is 14.2 Å². The first-order valence-electron chi connectivity index (χ1n) is 11.9. The van der Waals surface area contributed by atoms with Crippen molar-refractivity contribution in [3.8, 4) is 28.4 Å². The average Bonchev–Trinajstić information content (AvgIpc) is 2.97. The molecule has 0 spiro atoms. The van der Waals surface area contributed by atoms with E-state index >= 15 is 0 Å². The highest BCUT2D eigenvalue weighted by molar-refractivity contribution is 7.92. The van der Waals surface area contributed by atoms with Crippen molar-refractivity contribution in [1.29, 1.82) is 0 Å². The molecule has 1 amide bonds. The van der Waals surface area contributed by atoms with Crippen LogP contribution in [-0.2, 0) is 14.8 Å². The molecule has 11 nitrogen and oxygen atoms in total. The number of sulfonamides is 1. The molecule has 2 aromatic carbocycles. The number of pyridine rings is 1. The van der Waals surface area contributed by atoms with Crippen molar-refractivity contribution in [2.45, 2.75) is 18.2 Å². The molecule has 2 heterocycles. The van der Waals surface area contributed by atoms with Gasteiger partial charge in [-0.1, -0.05) is 18.5 Å². The number of nitrogens with one attached hydrogen (secondary N) is 1. The summed E-state index contributed by atoms with van der Waals surface area (Å²) in [6, 6.07) is 12.9. The summed E-state index contributed by atoms with van der Waals surface area (Å²) in [5, 5.41) is 0.325. The molecule has 0 aliphatic carbocycles. The number of benzene rings is 2. The third-order valence-corrected chi connectivity index (χ3v) is 7.40. The molecule has 0 saturated carbocycles. The molecule has 40 heavy (non-hydrogen) atoms. The summed E-state index contributed by atoms with van der Waals surface area (Å²) >= 11 is 6.73. The van der Waals surface area contributed by atoms with Gasteiger partial charge >= 0.3 is 0 Å². The summed E-state index contributed by atoms with van der Waals surface area (Å²) in [5.74, 6) is 1.26. The summed E-state index contributed by atoms with van der Waals surface area (Å²) in [6.45, 7) is 1.70. The second-order valence-corrected chi connectivity index (χ2v) is 10.3. The Morgan fingerprint density at radius 3 is 2.17 bits per heavy atom. The minimum atomic E-state index is -4.02. The molecule has 208 valence electrons. The Morgan fingerprint density at radius 1 is 0.950 bits per heavy atom. The first-order chi connectivity index (χ1) is 19.2. The van der Waals surface area contributed by atoms with Gasteiger partial charge in [-0.15, -0.1) is 0 Å². The molecule has 0 fully saturated rings. The second-order valence-electron chi connectivity index (χ2n) is 8.22. The van der Waals surface area contributed by atoms with E-state index in [4.69, 9.17) is 25.8 Å². The molecule has 4 aromatic rings. The number of amides is 1. The highest BCUT2D eigenvalue weighted by atomic mass is 35.5. The maximum Gasteiger partial charge on any atom is 0.265 e. The molecule has 1 N–H and O–H groups in total. The molecular weight excluding hydrogens is 558 g/mol. The predicted octanol–water partition coefficient (Wildman–Crippen LogP) is 5.09. The zero-order valence-electron chi connectivity index (χ0n) is 22.1. The van der Waals surface area contributed by atoms with Gasteiger partial charge in [-0.05, 0) is 48.0 Å². The Labute approximate surface area is 236 Å². The number of hydrogen-bond acceptors (Lipinski definition) is 9. The summed E-state index contributed by atoms with van der Waals surface area (Å²) in [6.07, 6.45) is 4.09. The highest BCUT2D eigenvalue weighted by Gasteiger charge is 2.25. The zero-order valence-corrected chi connectivity index (χ0v) is 23.7. The van der Waals surface area contributed by atoms with Gasteiger partial charge in [0, 0.05) is 36.6 Å². The van der Waals surface area contributed by atoms with E-state index in [1.165, 1.54) is 36.5 Å². The standard InChI is InChI=1S/C27H26ClN5O6S/c1-5-26(34)33(25-8-7-20(16-31-25)40(35,36)32-27-29-9-6-10-30-27)23-15-22(28)21(14-24(23)39-4)17-11-18(37-2)13-19(12-17)38-3/h6-16H,5H2,1-4H3,(H,29,30,32). The van der Waals surface area contributed by atoms with Crippen LogP contribution < -0.4 is 23.8 Å². The number of aromatic nitrogens is 3. The number of rotatable bonds is 10. The molecular formula is C27H26ClN5O6S. The lowest BCUT2D eigenvalue weighted by atomic mass is 10.0. The van der Waals surface area contributed by atoms with Gasteiger partial charge in [0.1, 0.15) is 28.0 Å². The zero-order chi connectivity index (χ0) is 28.9. The van der Waals surface area contributed by atoms with Crippen LogP contribution in [0.2, 0.25) is 5.02 Å². The van der Waals surface area contributed by atoms with Crippen molar-refractivity contribution in [2.24, 2.45) is 0 Å². The summed E-state index contributed by atoms with van der Waals surface area (Å²) in [4.78, 5) is 26.3. The fourth-order valence-electron chi connectivity index (χ4n) is 3.80. The molecule has 13 heteroatoms. The minimum absolute atomic E-state index is 0.0810. The Hall–Kier alpha value is -4.42. The van der Waals surface area contributed by atoms with E-state index in [1.807, 2.05) is 0 Å². The monoisotopic (exact) mass is 583 g/mol. The molecule has 0 aliphatic heterocycles. The lowest BCUT2D eigenvalue weighted by Gasteiger charge is -2.25. The molecule has 0 aliphatic rings. The first kappa shape index (κ1) is 28.6. The second kappa shape index (κ2) is 12.2. The van der Waals surface area contributed by atoms with Gasteiger partial charge in [-0.3, -0.25) is 9.69 Å². The molecule has 2 aromatic heterocycles. The predicted molar refractivity (Wildman–Crippen MR) is 151 cm³/mol. The van der Waals surface area contributed by atoms with Gasteiger partial charge in [0.2, 0.25) is 11.9 Å². The number of nitrogens with zero attached hydrogens (tertiary/aromatic N) is 4. The van der Waals surface area contributed by atoms with Gasteiger partial charge in [0.25, 0.3) is 10.0 Å². The molecule has 0 unspecified atom stereocenters. The van der Waals surface area contributed by atoms with Crippen LogP contribution in [0, 0.1) is 0 Å². The van der Waals surface area contributed by atoms with Crippen LogP contribution in [0.25, 0.3) is 11.1 Å². The van der Waals surface area contributed by atoms with Crippen LogP contribution in [-0.4, -0.2) is 50.6 Å². The van der Waals surface area contributed by atoms with Crippen molar-refractivity contribution in [2.75, 3.05) is 31.0 Å². The van der Waals surface area contributed by atoms with E-state index in [0.29, 0.717) is 39.1 Å². The van der Waals surface area contributed by atoms with E-state index in [2.05, 4.69) is 19.7 Å². The van der Waals surface area contributed by atoms with Crippen LogP contribution in [0.1, 0.15) is 13.3 Å². The van der Waals surface area contributed by atoms with Gasteiger partial charge in [-0.2, -0.15) is 0 Å². The molecule has 0 radical (unpaired) electrons. The number of carbonyl (C=O) groups is 1. The van der Waals surface area contributed by atoms with Crippen LogP contribution in [0.4, 0.5) is 17.5 Å². The Kier molecular flexibility index (Phi) is 8.70. The fraction of sp³-hybridized carbons (Fsp3) is 0.185. The van der Waals surface area contributed by atoms with E-state index in [9.17, 15) is 13.2 Å². The van der Waals surface area contributed by atoms with Crippen LogP contribution in [0.15, 0.2) is 72.0 Å². The van der Waals surface area contributed by atoms with Crippen LogP contribution in [0.3, 0.4) is 0 Å². The maximum atomic E-state index is 13.1. The third-order valence-electron chi connectivity index (χ3n) is 5.78. The summed E-state index contributed by atoms with van der Waals surface area (Å²) in [5.41, 5.74) is 1.66. The molecule has 0 saturated heterocycles. The number of hydrogen-bond donors (Lipinski definition) is 1. The minimum Gasteiger partial charge on any atom is -0.497 e. The van der Waals surface area contributed by atoms with E-state index in [0.717, 1.165) is 6.20 Å². The van der Waals surface area contributed by atoms with E-state index in [-0.39, 0.29) is 29.0 Å². The maximum absolute atomic E-state index is 13.1. The molecule has 0 bridgehead atoms. The summed E-state index contributed by atoms with van der Waals surface area (Å²) in [7, 11) is 0.547. The molecule has 0 atom stereocenters. The number of halogens is 1. The van der Waals surface area contributed by atoms with E-state index in [1.54, 1.807) is 57.5 Å². The van der Waals surface area contributed by atoms with Gasteiger partial charge in [0.05, 0.1) is 32.0 Å². The smallest absolute Gasteiger partial charge is 0.265 e. The van der Waals surface area contributed by atoms with Crippen molar-refractivity contribution < 1.29 is 27.4 Å². The van der Waals surface area contributed by atoms with E-state index < -0.39 is 10.0 Å². The highest BCUT2D eigenvalue weighted by Crippen LogP contribution is 2.43. The average molecular weight is 584 g/mol. The SMILES string of the molecule is CCC(=O)N(c1ccc(S(=O)(=O)Nc2ncccn2)cn1)c1cc(Cl)c(-c2cc(OC)cc(OC)c2)cc1OC. The Balaban J connectivity index is 1.75. The Morgan fingerprint density at radius 2 is 1.62 bits per heavy atom. The number of ether oxygens (including phenoxy) is 3. The van der Waals surface area contributed by atoms with Crippen molar-refractivity contribution >= 4 is 45.0 Å². The fourth-order valence-corrected chi connectivity index (χ4v) is 4.97. The summed E-state index contributed by atoms with van der Waals surface area (Å²) < 4.78 is 44.3. The topological polar surface area (TPSA) is 133 Å². The quantitative estimate of drug-likeness (QED) is 0.271. The lowest BCUT2D eigenvalue weighted by molar-refractivity contribution is -0.117. The van der Waals surface area contributed by atoms with Crippen molar-refractivity contribution in [3.63, 3.8) is 0 Å². The molecule has 4 rings (SSSR count). The largest absolute Gasteiger partial charge is 0.497 e. The number of carbonyl (C=O) groups excluding carboxylic acids is 1. The van der Waals surface area contributed by atoms with Crippen LogP contribution in [0.5, 0.6) is 17.2 Å². The third kappa shape index (κ3) is 6.08. The van der Waals surface area contributed by atoms with Crippen molar-refractivity contribution in [1.82, 2.24) is 15.0 Å². The van der Waals surface area contributed by atoms with Gasteiger partial charge in [-0.25, -0.2) is 28.1 Å².